The van der Waals surface area contributed by atoms with E-state index in [4.69, 9.17) is 5.84 Å². The molecule has 0 atom stereocenters. The fraction of sp³-hybridized carbons (Fsp3) is 0.154. The molecule has 0 amide bonds. The highest BCUT2D eigenvalue weighted by Crippen LogP contribution is 2.30. The Kier molecular flexibility index (Phi) is 2.96. The van der Waals surface area contributed by atoms with Crippen molar-refractivity contribution in [2.24, 2.45) is 5.84 Å². The summed E-state index contributed by atoms with van der Waals surface area (Å²) in [6.07, 6.45) is 0. The predicted molar refractivity (Wildman–Crippen MR) is 75.0 cm³/mol. The lowest BCUT2D eigenvalue weighted by atomic mass is 10.1. The number of nitrogen functional groups attached to an aromatic ring is 1. The highest BCUT2D eigenvalue weighted by Gasteiger charge is 2.22. The highest BCUT2D eigenvalue weighted by molar-refractivity contribution is 5.57. The summed E-state index contributed by atoms with van der Waals surface area (Å²) in [5.41, 5.74) is 4.76. The number of nitrogens with two attached hydrogens (primary N) is 1. The zero-order chi connectivity index (χ0) is 14.1. The third-order valence-electron chi connectivity index (χ3n) is 3.32. The van der Waals surface area contributed by atoms with Gasteiger partial charge in [0.05, 0.1) is 17.1 Å². The van der Waals surface area contributed by atoms with Crippen LogP contribution in [0.1, 0.15) is 11.1 Å². The van der Waals surface area contributed by atoms with Crippen molar-refractivity contribution >= 4 is 17.3 Å². The molecule has 0 saturated carbocycles. The van der Waals surface area contributed by atoms with E-state index in [1.807, 2.05) is 17.0 Å². The normalized spacial score (nSPS) is 13.2. The van der Waals surface area contributed by atoms with Crippen LogP contribution in [-0.2, 0) is 13.1 Å². The van der Waals surface area contributed by atoms with Crippen molar-refractivity contribution in [1.29, 1.82) is 0 Å². The molecule has 7 heteroatoms. The zero-order valence-corrected chi connectivity index (χ0v) is 10.6. The number of nitrogens with zero attached hydrogens (tertiary/aromatic N) is 3. The molecule has 1 aliphatic rings. The fourth-order valence-electron chi connectivity index (χ4n) is 2.34. The van der Waals surface area contributed by atoms with Crippen molar-refractivity contribution in [2.75, 3.05) is 10.3 Å². The van der Waals surface area contributed by atoms with Gasteiger partial charge in [-0.15, -0.1) is 0 Å². The number of pyridine rings is 1. The second kappa shape index (κ2) is 4.78. The van der Waals surface area contributed by atoms with Crippen molar-refractivity contribution < 1.29 is 4.92 Å². The van der Waals surface area contributed by atoms with Crippen molar-refractivity contribution in [3.8, 4) is 0 Å². The Morgan fingerprint density at radius 3 is 2.45 bits per heavy atom. The second-order valence-electron chi connectivity index (χ2n) is 4.60. The molecule has 3 N–H and O–H groups in total. The van der Waals surface area contributed by atoms with E-state index in [0.29, 0.717) is 18.9 Å². The molecule has 1 aliphatic heterocycles. The van der Waals surface area contributed by atoms with Gasteiger partial charge in [0, 0.05) is 13.1 Å². The second-order valence-corrected chi connectivity index (χ2v) is 4.60. The summed E-state index contributed by atoms with van der Waals surface area (Å²) in [7, 11) is 0. The molecule has 0 fully saturated rings. The molecule has 1 aromatic carbocycles. The van der Waals surface area contributed by atoms with Gasteiger partial charge in [-0.05, 0) is 11.1 Å². The van der Waals surface area contributed by atoms with Gasteiger partial charge in [0.2, 0.25) is 0 Å². The Bertz CT molecular complexity index is 649. The number of hydrazine groups is 1. The summed E-state index contributed by atoms with van der Waals surface area (Å²) >= 11 is 0. The third kappa shape index (κ3) is 2.14. The number of hydrogen-bond acceptors (Lipinski definition) is 6. The average molecular weight is 271 g/mol. The van der Waals surface area contributed by atoms with Crippen molar-refractivity contribution in [3.63, 3.8) is 0 Å². The summed E-state index contributed by atoms with van der Waals surface area (Å²) in [5, 5.41) is 10.9. The van der Waals surface area contributed by atoms with E-state index in [0.717, 1.165) is 0 Å². The summed E-state index contributed by atoms with van der Waals surface area (Å²) in [6, 6.07) is 10.8. The van der Waals surface area contributed by atoms with Crippen LogP contribution in [0.25, 0.3) is 0 Å². The number of fused-ring (bicyclic) bond motifs is 1. The first-order valence-corrected chi connectivity index (χ1v) is 6.12. The van der Waals surface area contributed by atoms with Crippen LogP contribution < -0.4 is 16.2 Å². The maximum absolute atomic E-state index is 10.9. The molecule has 0 bridgehead atoms. The van der Waals surface area contributed by atoms with Gasteiger partial charge in [-0.3, -0.25) is 10.1 Å². The Labute approximate surface area is 115 Å². The molecule has 7 nitrogen and oxygen atoms in total. The van der Waals surface area contributed by atoms with Gasteiger partial charge < -0.3 is 10.3 Å². The van der Waals surface area contributed by atoms with Gasteiger partial charge in [-0.1, -0.05) is 24.3 Å². The van der Waals surface area contributed by atoms with E-state index in [9.17, 15) is 10.1 Å². The van der Waals surface area contributed by atoms with E-state index < -0.39 is 4.92 Å². The molecule has 0 radical (unpaired) electrons. The predicted octanol–water partition coefficient (Wildman–Crippen LogP) is 1.80. The molecule has 0 unspecified atom stereocenters. The molecule has 20 heavy (non-hydrogen) atoms. The molecule has 0 spiro atoms. The maximum Gasteiger partial charge on any atom is 0.276 e. The largest absolute Gasteiger partial charge is 0.348 e. The van der Waals surface area contributed by atoms with Crippen LogP contribution in [0, 0.1) is 10.1 Å². The number of benzene rings is 1. The minimum atomic E-state index is -0.449. The smallest absolute Gasteiger partial charge is 0.276 e. The van der Waals surface area contributed by atoms with Crippen LogP contribution in [0.2, 0.25) is 0 Å². The molecular weight excluding hydrogens is 258 g/mol. The monoisotopic (exact) mass is 271 g/mol. The van der Waals surface area contributed by atoms with E-state index in [1.54, 1.807) is 0 Å². The zero-order valence-electron chi connectivity index (χ0n) is 10.6. The Morgan fingerprint density at radius 1 is 1.25 bits per heavy atom. The topological polar surface area (TPSA) is 97.3 Å². The molecule has 2 aromatic rings. The molecule has 3 rings (SSSR count). The van der Waals surface area contributed by atoms with Crippen LogP contribution in [0.4, 0.5) is 17.3 Å². The maximum atomic E-state index is 10.9. The van der Waals surface area contributed by atoms with Crippen LogP contribution in [0.15, 0.2) is 36.4 Å². The number of nitro groups is 1. The van der Waals surface area contributed by atoms with Gasteiger partial charge in [0.15, 0.2) is 0 Å². The number of nitrogens with one attached hydrogen (secondary N) is 1. The van der Waals surface area contributed by atoms with Crippen molar-refractivity contribution in [2.45, 2.75) is 13.1 Å². The Hall–Kier alpha value is -2.67. The Balaban J connectivity index is 1.96. The number of hydrogen-bond donors (Lipinski definition) is 2. The van der Waals surface area contributed by atoms with Gasteiger partial charge in [-0.25, -0.2) is 10.8 Å². The van der Waals surface area contributed by atoms with Crippen molar-refractivity contribution in [1.82, 2.24) is 4.98 Å². The lowest BCUT2D eigenvalue weighted by molar-refractivity contribution is -0.384. The number of aromatic nitrogens is 1. The molecule has 102 valence electrons. The highest BCUT2D eigenvalue weighted by atomic mass is 16.6. The van der Waals surface area contributed by atoms with E-state index in [2.05, 4.69) is 22.5 Å². The lowest BCUT2D eigenvalue weighted by Crippen LogP contribution is -2.18. The SMILES string of the molecule is NNc1cc([N+](=O)[O-])cc(N2Cc3ccccc3C2)n1. The quantitative estimate of drug-likeness (QED) is 0.502. The first kappa shape index (κ1) is 12.4. The first-order chi connectivity index (χ1) is 9.67. The molecule has 1 aromatic heterocycles. The van der Waals surface area contributed by atoms with Gasteiger partial charge in [0.1, 0.15) is 11.6 Å². The minimum Gasteiger partial charge on any atom is -0.348 e. The van der Waals surface area contributed by atoms with Crippen LogP contribution >= 0.6 is 0 Å². The van der Waals surface area contributed by atoms with E-state index in [1.165, 1.54) is 23.3 Å². The van der Waals surface area contributed by atoms with Crippen molar-refractivity contribution in [3.05, 3.63) is 57.6 Å². The first-order valence-electron chi connectivity index (χ1n) is 6.12. The fourth-order valence-corrected chi connectivity index (χ4v) is 2.34. The van der Waals surface area contributed by atoms with Crippen LogP contribution in [-0.4, -0.2) is 9.91 Å². The summed E-state index contributed by atoms with van der Waals surface area (Å²) in [6.45, 7) is 1.38. The summed E-state index contributed by atoms with van der Waals surface area (Å²) < 4.78 is 0. The number of anilines is 2. The number of rotatable bonds is 3. The third-order valence-corrected chi connectivity index (χ3v) is 3.32. The average Bonchev–Trinajstić information content (AvgIpc) is 2.90. The summed E-state index contributed by atoms with van der Waals surface area (Å²) in [4.78, 5) is 16.8. The van der Waals surface area contributed by atoms with Gasteiger partial charge in [-0.2, -0.15) is 0 Å². The molecule has 0 saturated heterocycles. The molecule has 0 aliphatic carbocycles. The van der Waals surface area contributed by atoms with Gasteiger partial charge in [0.25, 0.3) is 5.69 Å². The lowest BCUT2D eigenvalue weighted by Gasteiger charge is -2.17. The minimum absolute atomic E-state index is 0.0288. The van der Waals surface area contributed by atoms with Crippen LogP contribution in [0.5, 0.6) is 0 Å². The standard InChI is InChI=1S/C13H13N5O2/c14-16-12-5-11(18(19)20)6-13(15-12)17-7-9-3-1-2-4-10(9)8-17/h1-6H,7-8,14H2,(H,15,16). The van der Waals surface area contributed by atoms with Crippen LogP contribution in [0.3, 0.4) is 0 Å². The van der Waals surface area contributed by atoms with Gasteiger partial charge >= 0.3 is 0 Å². The van der Waals surface area contributed by atoms with E-state index >= 15 is 0 Å². The Morgan fingerprint density at radius 2 is 1.90 bits per heavy atom. The summed E-state index contributed by atoms with van der Waals surface area (Å²) in [5.74, 6) is 6.14. The molecule has 2 heterocycles. The molecular formula is C13H13N5O2. The van der Waals surface area contributed by atoms with E-state index in [-0.39, 0.29) is 11.5 Å².